The molecule has 0 saturated heterocycles. The predicted octanol–water partition coefficient (Wildman–Crippen LogP) is 2.30. The fourth-order valence-corrected chi connectivity index (χ4v) is 3.02. The Morgan fingerprint density at radius 3 is 2.73 bits per heavy atom. The summed E-state index contributed by atoms with van der Waals surface area (Å²) in [4.78, 5) is 17.5. The molecule has 8 heteroatoms. The van der Waals surface area contributed by atoms with E-state index in [0.29, 0.717) is 22.9 Å². The first kappa shape index (κ1) is 15.9. The van der Waals surface area contributed by atoms with E-state index < -0.39 is 6.04 Å². The van der Waals surface area contributed by atoms with Gasteiger partial charge in [0.1, 0.15) is 6.04 Å². The van der Waals surface area contributed by atoms with Gasteiger partial charge in [0, 0.05) is 17.6 Å². The Labute approximate surface area is 150 Å². The lowest BCUT2D eigenvalue weighted by Crippen LogP contribution is -2.32. The van der Waals surface area contributed by atoms with Gasteiger partial charge in [0.2, 0.25) is 5.95 Å². The SMILES string of the molecule is CC1=C(C(=O)Nc2ccccc2C)[C@H](c2ccccn2)n2nnnc2N1. The Bertz CT molecular complexity index is 994. The summed E-state index contributed by atoms with van der Waals surface area (Å²) in [6, 6.07) is 12.7. The predicted molar refractivity (Wildman–Crippen MR) is 96.3 cm³/mol. The van der Waals surface area contributed by atoms with Crippen LogP contribution in [0.3, 0.4) is 0 Å². The first-order valence-electron chi connectivity index (χ1n) is 8.18. The molecule has 0 radical (unpaired) electrons. The number of tetrazole rings is 1. The van der Waals surface area contributed by atoms with Crippen LogP contribution >= 0.6 is 0 Å². The summed E-state index contributed by atoms with van der Waals surface area (Å²) in [6.45, 7) is 3.78. The third-order valence-electron chi connectivity index (χ3n) is 4.32. The molecule has 4 rings (SSSR count). The number of para-hydroxylation sites is 1. The lowest BCUT2D eigenvalue weighted by atomic mass is 9.98. The van der Waals surface area contributed by atoms with E-state index in [-0.39, 0.29) is 5.91 Å². The maximum absolute atomic E-state index is 13.1. The van der Waals surface area contributed by atoms with Crippen molar-refractivity contribution in [1.29, 1.82) is 0 Å². The van der Waals surface area contributed by atoms with E-state index in [2.05, 4.69) is 31.1 Å². The molecule has 8 nitrogen and oxygen atoms in total. The molecule has 0 saturated carbocycles. The van der Waals surface area contributed by atoms with Crippen molar-refractivity contribution in [2.75, 3.05) is 10.6 Å². The number of fused-ring (bicyclic) bond motifs is 1. The number of benzene rings is 1. The summed E-state index contributed by atoms with van der Waals surface area (Å²) in [5.74, 6) is 0.256. The van der Waals surface area contributed by atoms with E-state index in [4.69, 9.17) is 0 Å². The molecule has 130 valence electrons. The molecular weight excluding hydrogens is 330 g/mol. The van der Waals surface area contributed by atoms with Crippen LogP contribution in [-0.2, 0) is 4.79 Å². The smallest absolute Gasteiger partial charge is 0.255 e. The minimum absolute atomic E-state index is 0.221. The van der Waals surface area contributed by atoms with Crippen molar-refractivity contribution in [2.24, 2.45) is 0 Å². The first-order valence-corrected chi connectivity index (χ1v) is 8.18. The van der Waals surface area contributed by atoms with Crippen molar-refractivity contribution in [2.45, 2.75) is 19.9 Å². The number of hydrogen-bond acceptors (Lipinski definition) is 6. The molecule has 1 atom stereocenters. The van der Waals surface area contributed by atoms with Crippen LogP contribution in [0, 0.1) is 6.92 Å². The first-order chi connectivity index (χ1) is 12.6. The molecule has 3 heterocycles. The molecule has 1 amide bonds. The molecule has 3 aromatic rings. The lowest BCUT2D eigenvalue weighted by Gasteiger charge is -2.27. The highest BCUT2D eigenvalue weighted by Crippen LogP contribution is 2.33. The van der Waals surface area contributed by atoms with Crippen molar-refractivity contribution in [3.63, 3.8) is 0 Å². The summed E-state index contributed by atoms with van der Waals surface area (Å²) in [5, 5.41) is 17.8. The van der Waals surface area contributed by atoms with Gasteiger partial charge in [-0.05, 0) is 48.0 Å². The quantitative estimate of drug-likeness (QED) is 0.754. The Hall–Kier alpha value is -3.55. The number of nitrogens with one attached hydrogen (secondary N) is 2. The second kappa shape index (κ2) is 6.40. The topological polar surface area (TPSA) is 97.6 Å². The number of hydrogen-bond donors (Lipinski definition) is 2. The van der Waals surface area contributed by atoms with Crippen LogP contribution < -0.4 is 10.6 Å². The molecule has 0 aliphatic carbocycles. The van der Waals surface area contributed by atoms with E-state index in [1.54, 1.807) is 10.9 Å². The highest BCUT2D eigenvalue weighted by molar-refractivity contribution is 6.06. The second-order valence-corrected chi connectivity index (χ2v) is 6.04. The lowest BCUT2D eigenvalue weighted by molar-refractivity contribution is -0.113. The third-order valence-corrected chi connectivity index (χ3v) is 4.32. The number of carbonyl (C=O) groups excluding carboxylic acids is 1. The van der Waals surface area contributed by atoms with Crippen LogP contribution in [0.25, 0.3) is 0 Å². The molecular formula is C18H17N7O. The van der Waals surface area contributed by atoms with E-state index in [1.807, 2.05) is 56.3 Å². The zero-order valence-electron chi connectivity index (χ0n) is 14.3. The molecule has 2 aromatic heterocycles. The van der Waals surface area contributed by atoms with Gasteiger partial charge in [-0.1, -0.05) is 29.4 Å². The Morgan fingerprint density at radius 2 is 1.96 bits per heavy atom. The Kier molecular flexibility index (Phi) is 3.92. The highest BCUT2D eigenvalue weighted by atomic mass is 16.1. The summed E-state index contributed by atoms with van der Waals surface area (Å²) in [6.07, 6.45) is 1.69. The maximum atomic E-state index is 13.1. The van der Waals surface area contributed by atoms with Crippen LogP contribution in [0.15, 0.2) is 59.9 Å². The van der Waals surface area contributed by atoms with Gasteiger partial charge >= 0.3 is 0 Å². The minimum atomic E-state index is -0.508. The zero-order valence-corrected chi connectivity index (χ0v) is 14.3. The summed E-state index contributed by atoms with van der Waals surface area (Å²) in [5.41, 5.74) is 3.65. The fraction of sp³-hybridized carbons (Fsp3) is 0.167. The van der Waals surface area contributed by atoms with Crippen molar-refractivity contribution in [1.82, 2.24) is 25.2 Å². The van der Waals surface area contributed by atoms with Crippen molar-refractivity contribution < 1.29 is 4.79 Å². The average Bonchev–Trinajstić information content (AvgIpc) is 3.11. The van der Waals surface area contributed by atoms with Gasteiger partial charge in [-0.3, -0.25) is 9.78 Å². The van der Waals surface area contributed by atoms with E-state index in [0.717, 1.165) is 11.3 Å². The molecule has 0 bridgehead atoms. The third kappa shape index (κ3) is 2.71. The number of rotatable bonds is 3. The number of aromatic nitrogens is 5. The number of nitrogens with zero attached hydrogens (tertiary/aromatic N) is 5. The average molecular weight is 347 g/mol. The van der Waals surface area contributed by atoms with Gasteiger partial charge in [0.15, 0.2) is 0 Å². The van der Waals surface area contributed by atoms with Crippen molar-refractivity contribution >= 4 is 17.5 Å². The number of pyridine rings is 1. The van der Waals surface area contributed by atoms with E-state index in [9.17, 15) is 4.79 Å². The number of carbonyl (C=O) groups is 1. The number of aryl methyl sites for hydroxylation is 1. The molecule has 0 spiro atoms. The molecule has 0 unspecified atom stereocenters. The second-order valence-electron chi connectivity index (χ2n) is 6.04. The van der Waals surface area contributed by atoms with E-state index >= 15 is 0 Å². The molecule has 1 aliphatic rings. The summed E-state index contributed by atoms with van der Waals surface area (Å²) >= 11 is 0. The molecule has 1 aromatic carbocycles. The van der Waals surface area contributed by atoms with Gasteiger partial charge in [-0.15, -0.1) is 0 Å². The van der Waals surface area contributed by atoms with Crippen LogP contribution in [-0.4, -0.2) is 31.1 Å². The Morgan fingerprint density at radius 1 is 1.15 bits per heavy atom. The Balaban J connectivity index is 1.77. The fourth-order valence-electron chi connectivity index (χ4n) is 3.02. The molecule has 0 fully saturated rings. The van der Waals surface area contributed by atoms with Gasteiger partial charge in [0.25, 0.3) is 5.91 Å². The van der Waals surface area contributed by atoms with Crippen LogP contribution in [0.4, 0.5) is 11.6 Å². The van der Waals surface area contributed by atoms with Gasteiger partial charge in [0.05, 0.1) is 11.3 Å². The highest BCUT2D eigenvalue weighted by Gasteiger charge is 2.34. The molecule has 2 N–H and O–H groups in total. The largest absolute Gasteiger partial charge is 0.326 e. The van der Waals surface area contributed by atoms with Crippen LogP contribution in [0.2, 0.25) is 0 Å². The molecule has 26 heavy (non-hydrogen) atoms. The number of allylic oxidation sites excluding steroid dienone is 1. The van der Waals surface area contributed by atoms with Gasteiger partial charge < -0.3 is 10.6 Å². The molecule has 1 aliphatic heterocycles. The summed E-state index contributed by atoms with van der Waals surface area (Å²) in [7, 11) is 0. The van der Waals surface area contributed by atoms with Crippen molar-refractivity contribution in [3.8, 4) is 0 Å². The maximum Gasteiger partial charge on any atom is 0.255 e. The van der Waals surface area contributed by atoms with Crippen LogP contribution in [0.5, 0.6) is 0 Å². The summed E-state index contributed by atoms with van der Waals surface area (Å²) < 4.78 is 1.57. The minimum Gasteiger partial charge on any atom is -0.326 e. The van der Waals surface area contributed by atoms with Crippen LogP contribution in [0.1, 0.15) is 24.2 Å². The standard InChI is InChI=1S/C18H17N7O/c1-11-7-3-4-8-13(11)21-17(26)15-12(2)20-18-22-23-24-25(18)16(15)14-9-5-6-10-19-14/h3-10,16H,1-2H3,(H,21,26)(H,20,22,24)/t16-/m0/s1. The van der Waals surface area contributed by atoms with Crippen molar-refractivity contribution in [3.05, 3.63) is 71.2 Å². The normalized spacial score (nSPS) is 16.0. The monoisotopic (exact) mass is 347 g/mol. The van der Waals surface area contributed by atoms with E-state index in [1.165, 1.54) is 0 Å². The number of anilines is 2. The van der Waals surface area contributed by atoms with Gasteiger partial charge in [-0.25, -0.2) is 0 Å². The van der Waals surface area contributed by atoms with Gasteiger partial charge in [-0.2, -0.15) is 4.68 Å². The number of amides is 1. The zero-order chi connectivity index (χ0) is 18.1.